The number of hydrogen-bond donors (Lipinski definition) is 1. The lowest BCUT2D eigenvalue weighted by atomic mass is 9.98. The Morgan fingerprint density at radius 1 is 1.22 bits per heavy atom. The topological polar surface area (TPSA) is 21.3 Å². The SMILES string of the molecule is CC(NC(C)C1CCOC1)c1cc(F)cc(F)c1. The molecule has 1 N–H and O–H groups in total. The Morgan fingerprint density at radius 3 is 2.44 bits per heavy atom. The first-order chi connectivity index (χ1) is 8.56. The molecule has 0 amide bonds. The summed E-state index contributed by atoms with van der Waals surface area (Å²) in [5.74, 6) is -0.586. The summed E-state index contributed by atoms with van der Waals surface area (Å²) in [6.45, 7) is 5.57. The maximum Gasteiger partial charge on any atom is 0.126 e. The lowest BCUT2D eigenvalue weighted by molar-refractivity contribution is 0.177. The monoisotopic (exact) mass is 255 g/mol. The van der Waals surface area contributed by atoms with Crippen molar-refractivity contribution in [3.05, 3.63) is 35.4 Å². The number of rotatable bonds is 4. The van der Waals surface area contributed by atoms with Gasteiger partial charge in [-0.1, -0.05) is 0 Å². The Kier molecular flexibility index (Phi) is 4.30. The summed E-state index contributed by atoms with van der Waals surface area (Å²) in [6, 6.07) is 3.83. The van der Waals surface area contributed by atoms with Crippen molar-refractivity contribution in [1.29, 1.82) is 0 Å². The minimum atomic E-state index is -0.532. The van der Waals surface area contributed by atoms with Gasteiger partial charge in [0.05, 0.1) is 6.61 Å². The Labute approximate surface area is 106 Å². The lowest BCUT2D eigenvalue weighted by Crippen LogP contribution is -2.35. The number of benzene rings is 1. The molecule has 1 aromatic carbocycles. The van der Waals surface area contributed by atoms with Gasteiger partial charge >= 0.3 is 0 Å². The molecule has 3 atom stereocenters. The van der Waals surface area contributed by atoms with E-state index >= 15 is 0 Å². The zero-order valence-corrected chi connectivity index (χ0v) is 10.7. The van der Waals surface area contributed by atoms with Crippen molar-refractivity contribution in [2.24, 2.45) is 5.92 Å². The molecule has 2 rings (SSSR count). The summed E-state index contributed by atoms with van der Waals surface area (Å²) in [6.07, 6.45) is 1.04. The first-order valence-corrected chi connectivity index (χ1v) is 6.36. The average Bonchev–Trinajstić information content (AvgIpc) is 2.80. The van der Waals surface area contributed by atoms with E-state index in [9.17, 15) is 8.78 Å². The summed E-state index contributed by atoms with van der Waals surface area (Å²) >= 11 is 0. The van der Waals surface area contributed by atoms with E-state index in [1.165, 1.54) is 12.1 Å². The highest BCUT2D eigenvalue weighted by atomic mass is 19.1. The maximum absolute atomic E-state index is 13.1. The molecule has 0 saturated carbocycles. The fourth-order valence-corrected chi connectivity index (χ4v) is 2.40. The molecule has 0 spiro atoms. The van der Waals surface area contributed by atoms with E-state index in [1.54, 1.807) is 0 Å². The molecule has 1 saturated heterocycles. The minimum Gasteiger partial charge on any atom is -0.381 e. The van der Waals surface area contributed by atoms with Crippen LogP contribution < -0.4 is 5.32 Å². The molecule has 1 heterocycles. The van der Waals surface area contributed by atoms with Crippen molar-refractivity contribution < 1.29 is 13.5 Å². The van der Waals surface area contributed by atoms with Crippen LogP contribution in [0, 0.1) is 17.6 Å². The molecule has 0 aromatic heterocycles. The fourth-order valence-electron chi connectivity index (χ4n) is 2.40. The summed E-state index contributed by atoms with van der Waals surface area (Å²) in [4.78, 5) is 0. The van der Waals surface area contributed by atoms with Crippen LogP contribution in [0.5, 0.6) is 0 Å². The zero-order chi connectivity index (χ0) is 13.1. The van der Waals surface area contributed by atoms with Crippen molar-refractivity contribution in [2.45, 2.75) is 32.4 Å². The van der Waals surface area contributed by atoms with Gasteiger partial charge in [-0.25, -0.2) is 8.78 Å². The third-order valence-corrected chi connectivity index (χ3v) is 3.57. The van der Waals surface area contributed by atoms with E-state index in [2.05, 4.69) is 12.2 Å². The van der Waals surface area contributed by atoms with Crippen LogP contribution >= 0.6 is 0 Å². The van der Waals surface area contributed by atoms with Gasteiger partial charge in [0.15, 0.2) is 0 Å². The second-order valence-electron chi connectivity index (χ2n) is 5.00. The van der Waals surface area contributed by atoms with Crippen molar-refractivity contribution in [3.63, 3.8) is 0 Å². The summed E-state index contributed by atoms with van der Waals surface area (Å²) in [5, 5.41) is 3.38. The van der Waals surface area contributed by atoms with Gasteiger partial charge in [-0.05, 0) is 43.9 Å². The van der Waals surface area contributed by atoms with E-state index in [4.69, 9.17) is 4.74 Å². The predicted octanol–water partition coefficient (Wildman–Crippen LogP) is 3.04. The van der Waals surface area contributed by atoms with Crippen LogP contribution in [0.3, 0.4) is 0 Å². The molecule has 1 aliphatic heterocycles. The van der Waals surface area contributed by atoms with Crippen LogP contribution in [-0.2, 0) is 4.74 Å². The number of ether oxygens (including phenoxy) is 1. The van der Waals surface area contributed by atoms with Gasteiger partial charge in [0, 0.05) is 24.8 Å². The molecular formula is C14H19F2NO. The molecule has 1 aliphatic rings. The number of nitrogens with one attached hydrogen (secondary N) is 1. The third kappa shape index (κ3) is 3.27. The largest absolute Gasteiger partial charge is 0.381 e. The smallest absolute Gasteiger partial charge is 0.126 e. The van der Waals surface area contributed by atoms with Crippen LogP contribution in [-0.4, -0.2) is 19.3 Å². The van der Waals surface area contributed by atoms with Crippen molar-refractivity contribution in [3.8, 4) is 0 Å². The predicted molar refractivity (Wildman–Crippen MR) is 66.3 cm³/mol. The molecule has 0 radical (unpaired) electrons. The molecule has 2 nitrogen and oxygen atoms in total. The highest BCUT2D eigenvalue weighted by molar-refractivity contribution is 5.21. The van der Waals surface area contributed by atoms with Crippen LogP contribution in [0.4, 0.5) is 8.78 Å². The standard InChI is InChI=1S/C14H19F2NO/c1-9(11-3-4-18-8-11)17-10(2)12-5-13(15)7-14(16)6-12/h5-7,9-11,17H,3-4,8H2,1-2H3. The molecule has 3 unspecified atom stereocenters. The number of halogens is 2. The molecule has 100 valence electrons. The summed E-state index contributed by atoms with van der Waals surface area (Å²) in [7, 11) is 0. The Hall–Kier alpha value is -1.00. The maximum atomic E-state index is 13.1. The third-order valence-electron chi connectivity index (χ3n) is 3.57. The van der Waals surface area contributed by atoms with Crippen molar-refractivity contribution >= 4 is 0 Å². The molecule has 4 heteroatoms. The van der Waals surface area contributed by atoms with E-state index < -0.39 is 11.6 Å². The fraction of sp³-hybridized carbons (Fsp3) is 0.571. The highest BCUT2D eigenvalue weighted by Crippen LogP contribution is 2.21. The molecule has 0 aliphatic carbocycles. The summed E-state index contributed by atoms with van der Waals surface area (Å²) < 4.78 is 31.6. The van der Waals surface area contributed by atoms with E-state index in [0.717, 1.165) is 25.7 Å². The van der Waals surface area contributed by atoms with Gasteiger partial charge < -0.3 is 10.1 Å². The Morgan fingerprint density at radius 2 is 1.89 bits per heavy atom. The van der Waals surface area contributed by atoms with Gasteiger partial charge in [0.1, 0.15) is 11.6 Å². The molecule has 18 heavy (non-hydrogen) atoms. The van der Waals surface area contributed by atoms with Gasteiger partial charge in [-0.2, -0.15) is 0 Å². The Balaban J connectivity index is 1.99. The van der Waals surface area contributed by atoms with Crippen LogP contribution in [0.2, 0.25) is 0 Å². The number of hydrogen-bond acceptors (Lipinski definition) is 2. The molecule has 1 fully saturated rings. The zero-order valence-electron chi connectivity index (χ0n) is 10.7. The first kappa shape index (κ1) is 13.4. The van der Waals surface area contributed by atoms with E-state index in [0.29, 0.717) is 11.5 Å². The van der Waals surface area contributed by atoms with E-state index in [1.807, 2.05) is 6.92 Å². The van der Waals surface area contributed by atoms with Crippen molar-refractivity contribution in [1.82, 2.24) is 5.32 Å². The first-order valence-electron chi connectivity index (χ1n) is 6.36. The average molecular weight is 255 g/mol. The van der Waals surface area contributed by atoms with Gasteiger partial charge in [-0.15, -0.1) is 0 Å². The van der Waals surface area contributed by atoms with Crippen molar-refractivity contribution in [2.75, 3.05) is 13.2 Å². The minimum absolute atomic E-state index is 0.0780. The molecule has 0 bridgehead atoms. The van der Waals surface area contributed by atoms with Crippen LogP contribution in [0.25, 0.3) is 0 Å². The molecular weight excluding hydrogens is 236 g/mol. The quantitative estimate of drug-likeness (QED) is 0.893. The molecule has 1 aromatic rings. The van der Waals surface area contributed by atoms with E-state index in [-0.39, 0.29) is 12.1 Å². The summed E-state index contributed by atoms with van der Waals surface area (Å²) in [5.41, 5.74) is 0.637. The van der Waals surface area contributed by atoms with Crippen LogP contribution in [0.1, 0.15) is 31.9 Å². The normalized spacial score (nSPS) is 23.0. The Bertz CT molecular complexity index is 385. The lowest BCUT2D eigenvalue weighted by Gasteiger charge is -2.24. The van der Waals surface area contributed by atoms with Gasteiger partial charge in [0.25, 0.3) is 0 Å². The second kappa shape index (κ2) is 5.76. The van der Waals surface area contributed by atoms with Gasteiger partial charge in [0.2, 0.25) is 0 Å². The van der Waals surface area contributed by atoms with Crippen LogP contribution in [0.15, 0.2) is 18.2 Å². The highest BCUT2D eigenvalue weighted by Gasteiger charge is 2.23. The second-order valence-corrected chi connectivity index (χ2v) is 5.00. The van der Waals surface area contributed by atoms with Gasteiger partial charge in [-0.3, -0.25) is 0 Å².